The van der Waals surface area contributed by atoms with Crippen LogP contribution < -0.4 is 15.4 Å². The van der Waals surface area contributed by atoms with Crippen molar-refractivity contribution in [3.05, 3.63) is 66.4 Å². The second-order valence-corrected chi connectivity index (χ2v) is 7.90. The predicted octanol–water partition coefficient (Wildman–Crippen LogP) is 2.96. The minimum atomic E-state index is -0.643. The third-order valence-corrected chi connectivity index (χ3v) is 5.71. The number of amides is 2. The van der Waals surface area contributed by atoms with Crippen LogP contribution in [0.15, 0.2) is 71.0 Å². The summed E-state index contributed by atoms with van der Waals surface area (Å²) in [6.07, 6.45) is 3.33. The van der Waals surface area contributed by atoms with Crippen molar-refractivity contribution in [3.63, 3.8) is 0 Å². The van der Waals surface area contributed by atoms with Gasteiger partial charge in [-0.3, -0.25) is 14.6 Å². The third kappa shape index (κ3) is 4.41. The standard InChI is InChI=1S/C22H19N5O3S/c1-30-16-8-6-15(7-9-16)27-20(28)12-19(21(27)29)31-22(23)26-25-13-14-10-11-24-18-5-3-2-4-17(14)18/h2-11,13,19H,12H2,1H3,(H2,23,26)/b25-13-/t19-/m1/s1. The summed E-state index contributed by atoms with van der Waals surface area (Å²) in [5.74, 6) is 0.0274. The third-order valence-electron chi connectivity index (χ3n) is 4.73. The first-order chi connectivity index (χ1) is 15.1. The molecule has 1 aromatic heterocycles. The van der Waals surface area contributed by atoms with E-state index in [9.17, 15) is 9.59 Å². The molecule has 4 rings (SSSR count). The molecular formula is C22H19N5O3S. The van der Waals surface area contributed by atoms with Crippen molar-refractivity contribution in [3.8, 4) is 5.75 Å². The number of rotatable bonds is 5. The zero-order chi connectivity index (χ0) is 21.8. The zero-order valence-corrected chi connectivity index (χ0v) is 17.5. The Hall–Kier alpha value is -3.72. The number of imide groups is 1. The van der Waals surface area contributed by atoms with Crippen LogP contribution in [-0.2, 0) is 9.59 Å². The number of amidine groups is 1. The van der Waals surface area contributed by atoms with Crippen LogP contribution in [0.3, 0.4) is 0 Å². The highest BCUT2D eigenvalue weighted by molar-refractivity contribution is 8.14. The number of aromatic nitrogens is 1. The van der Waals surface area contributed by atoms with Crippen molar-refractivity contribution in [2.45, 2.75) is 11.7 Å². The predicted molar refractivity (Wildman–Crippen MR) is 122 cm³/mol. The van der Waals surface area contributed by atoms with Gasteiger partial charge in [0.15, 0.2) is 5.17 Å². The largest absolute Gasteiger partial charge is 0.497 e. The summed E-state index contributed by atoms with van der Waals surface area (Å²) in [5.41, 5.74) is 8.15. The molecule has 1 aliphatic rings. The van der Waals surface area contributed by atoms with Crippen LogP contribution >= 0.6 is 11.8 Å². The summed E-state index contributed by atoms with van der Waals surface area (Å²) in [6.45, 7) is 0. The molecule has 8 nitrogen and oxygen atoms in total. The summed E-state index contributed by atoms with van der Waals surface area (Å²) in [5, 5.41) is 8.43. The Kier molecular flexibility index (Phi) is 5.94. The zero-order valence-electron chi connectivity index (χ0n) is 16.6. The number of carbonyl (C=O) groups excluding carboxylic acids is 2. The van der Waals surface area contributed by atoms with Gasteiger partial charge in [0.1, 0.15) is 11.0 Å². The molecule has 0 spiro atoms. The van der Waals surface area contributed by atoms with E-state index in [1.54, 1.807) is 43.8 Å². The lowest BCUT2D eigenvalue weighted by Gasteiger charge is -2.15. The molecule has 1 fully saturated rings. The first kappa shape index (κ1) is 20.5. The van der Waals surface area contributed by atoms with Gasteiger partial charge >= 0.3 is 0 Å². The molecule has 1 aliphatic heterocycles. The molecule has 2 N–H and O–H groups in total. The number of hydrogen-bond donors (Lipinski definition) is 1. The highest BCUT2D eigenvalue weighted by Gasteiger charge is 2.40. The van der Waals surface area contributed by atoms with Gasteiger partial charge in [-0.1, -0.05) is 30.0 Å². The van der Waals surface area contributed by atoms with Crippen molar-refractivity contribution in [1.29, 1.82) is 0 Å². The summed E-state index contributed by atoms with van der Waals surface area (Å²) in [6, 6.07) is 16.3. The Morgan fingerprint density at radius 3 is 2.74 bits per heavy atom. The fourth-order valence-corrected chi connectivity index (χ4v) is 4.06. The van der Waals surface area contributed by atoms with Gasteiger partial charge in [0.25, 0.3) is 0 Å². The molecule has 31 heavy (non-hydrogen) atoms. The lowest BCUT2D eigenvalue weighted by molar-refractivity contribution is -0.121. The number of ether oxygens (including phenoxy) is 1. The van der Waals surface area contributed by atoms with E-state index in [-0.39, 0.29) is 23.4 Å². The van der Waals surface area contributed by atoms with E-state index < -0.39 is 5.25 Å². The topological polar surface area (TPSA) is 110 Å². The van der Waals surface area contributed by atoms with Gasteiger partial charge in [0.05, 0.1) is 24.5 Å². The molecule has 0 bridgehead atoms. The van der Waals surface area contributed by atoms with E-state index in [1.165, 1.54) is 0 Å². The maximum Gasteiger partial charge on any atom is 0.247 e. The number of carbonyl (C=O) groups is 2. The van der Waals surface area contributed by atoms with Gasteiger partial charge in [-0.25, -0.2) is 4.90 Å². The van der Waals surface area contributed by atoms with Gasteiger partial charge in [-0.15, -0.1) is 5.10 Å². The normalized spacial score (nSPS) is 17.1. The highest BCUT2D eigenvalue weighted by Crippen LogP contribution is 2.30. The second kappa shape index (κ2) is 8.97. The van der Waals surface area contributed by atoms with Crippen LogP contribution in [0, 0.1) is 0 Å². The van der Waals surface area contributed by atoms with E-state index in [4.69, 9.17) is 10.5 Å². The average Bonchev–Trinajstić information content (AvgIpc) is 3.06. The summed E-state index contributed by atoms with van der Waals surface area (Å²) >= 11 is 1.03. The highest BCUT2D eigenvalue weighted by atomic mass is 32.2. The number of pyridine rings is 1. The number of fused-ring (bicyclic) bond motifs is 1. The van der Waals surface area contributed by atoms with Gasteiger partial charge in [0, 0.05) is 23.6 Å². The van der Waals surface area contributed by atoms with E-state index in [0.717, 1.165) is 33.1 Å². The Morgan fingerprint density at radius 1 is 1.19 bits per heavy atom. The average molecular weight is 433 g/mol. The Bertz CT molecular complexity index is 1190. The van der Waals surface area contributed by atoms with E-state index >= 15 is 0 Å². The van der Waals surface area contributed by atoms with Crippen LogP contribution in [0.4, 0.5) is 5.69 Å². The molecule has 3 aromatic rings. The van der Waals surface area contributed by atoms with E-state index in [2.05, 4.69) is 15.2 Å². The first-order valence-electron chi connectivity index (χ1n) is 9.44. The van der Waals surface area contributed by atoms with Crippen molar-refractivity contribution in [2.24, 2.45) is 15.9 Å². The lowest BCUT2D eigenvalue weighted by Crippen LogP contribution is -2.31. The van der Waals surface area contributed by atoms with Crippen LogP contribution in [0.2, 0.25) is 0 Å². The lowest BCUT2D eigenvalue weighted by atomic mass is 10.1. The molecule has 2 amide bonds. The molecule has 156 valence electrons. The quantitative estimate of drug-likeness (QED) is 0.287. The van der Waals surface area contributed by atoms with Crippen LogP contribution in [-0.4, -0.2) is 40.5 Å². The minimum Gasteiger partial charge on any atom is -0.497 e. The van der Waals surface area contributed by atoms with Crippen LogP contribution in [0.25, 0.3) is 10.9 Å². The molecule has 0 unspecified atom stereocenters. The summed E-state index contributed by atoms with van der Waals surface area (Å²) < 4.78 is 5.11. The molecule has 0 saturated carbocycles. The van der Waals surface area contributed by atoms with Crippen molar-refractivity contribution in [2.75, 3.05) is 12.0 Å². The minimum absolute atomic E-state index is 0.0461. The summed E-state index contributed by atoms with van der Waals surface area (Å²) in [7, 11) is 1.55. The van der Waals surface area contributed by atoms with E-state index in [1.807, 2.05) is 30.3 Å². The monoisotopic (exact) mass is 433 g/mol. The Labute approximate surface area is 182 Å². The van der Waals surface area contributed by atoms with Crippen LogP contribution in [0.5, 0.6) is 5.75 Å². The van der Waals surface area contributed by atoms with Gasteiger partial charge in [0.2, 0.25) is 11.8 Å². The van der Waals surface area contributed by atoms with Crippen molar-refractivity contribution < 1.29 is 14.3 Å². The number of nitrogens with two attached hydrogens (primary N) is 1. The number of hydrogen-bond acceptors (Lipinski definition) is 7. The molecular weight excluding hydrogens is 414 g/mol. The van der Waals surface area contributed by atoms with Crippen LogP contribution in [0.1, 0.15) is 12.0 Å². The Morgan fingerprint density at radius 2 is 1.97 bits per heavy atom. The Balaban J connectivity index is 1.44. The molecule has 0 radical (unpaired) electrons. The van der Waals surface area contributed by atoms with Crippen molar-refractivity contribution in [1.82, 2.24) is 4.98 Å². The SMILES string of the molecule is COc1ccc(N2C(=O)C[C@@H](SC(N)=N/N=C\c3ccnc4ccccc34)C2=O)cc1. The smallest absolute Gasteiger partial charge is 0.247 e. The molecule has 2 heterocycles. The maximum absolute atomic E-state index is 12.7. The van der Waals surface area contributed by atoms with Gasteiger partial charge < -0.3 is 10.5 Å². The second-order valence-electron chi connectivity index (χ2n) is 6.68. The number of para-hydroxylation sites is 1. The summed E-state index contributed by atoms with van der Waals surface area (Å²) in [4.78, 5) is 30.6. The number of methoxy groups -OCH3 is 1. The molecule has 1 saturated heterocycles. The maximum atomic E-state index is 12.7. The molecule has 2 aromatic carbocycles. The fraction of sp³-hybridized carbons (Fsp3) is 0.136. The van der Waals surface area contributed by atoms with Crippen molar-refractivity contribution >= 4 is 51.5 Å². The molecule has 9 heteroatoms. The molecule has 0 aliphatic carbocycles. The van der Waals surface area contributed by atoms with Gasteiger partial charge in [-0.2, -0.15) is 5.10 Å². The number of thioether (sulfide) groups is 1. The van der Waals surface area contributed by atoms with E-state index in [0.29, 0.717) is 11.4 Å². The molecule has 1 atom stereocenters. The van der Waals surface area contributed by atoms with Gasteiger partial charge in [-0.05, 0) is 36.4 Å². The number of benzene rings is 2. The first-order valence-corrected chi connectivity index (χ1v) is 10.3. The fourth-order valence-electron chi connectivity index (χ4n) is 3.25. The number of nitrogens with zero attached hydrogens (tertiary/aromatic N) is 4. The number of anilines is 1.